The second-order valence-corrected chi connectivity index (χ2v) is 6.22. The summed E-state index contributed by atoms with van der Waals surface area (Å²) < 4.78 is 7.47. The van der Waals surface area contributed by atoms with Gasteiger partial charge in [0.1, 0.15) is 5.69 Å². The monoisotopic (exact) mass is 336 g/mol. The average Bonchev–Trinajstić information content (AvgIpc) is 3.02. The predicted octanol–water partition coefficient (Wildman–Crippen LogP) is 1.93. The summed E-state index contributed by atoms with van der Waals surface area (Å²) in [5, 5.41) is 22.3. The topological polar surface area (TPSA) is 72.2 Å². The minimum atomic E-state index is -0.648. The molecule has 0 radical (unpaired) electrons. The Labute approximate surface area is 140 Å². The van der Waals surface area contributed by atoms with Crippen molar-refractivity contribution in [3.63, 3.8) is 0 Å². The summed E-state index contributed by atoms with van der Waals surface area (Å²) in [6.45, 7) is 2.76. The van der Waals surface area contributed by atoms with Crippen LogP contribution in [-0.4, -0.2) is 39.3 Å². The van der Waals surface area contributed by atoms with E-state index < -0.39 is 6.10 Å². The van der Waals surface area contributed by atoms with Gasteiger partial charge in [0, 0.05) is 11.6 Å². The highest BCUT2D eigenvalue weighted by Gasteiger charge is 2.15. The van der Waals surface area contributed by atoms with Crippen LogP contribution in [0.4, 0.5) is 0 Å². The molecule has 0 aliphatic carbocycles. The quantitative estimate of drug-likeness (QED) is 0.843. The fourth-order valence-corrected chi connectivity index (χ4v) is 2.75. The number of aromatic nitrogens is 3. The molecule has 124 valence electrons. The molecule has 0 saturated carbocycles. The summed E-state index contributed by atoms with van der Waals surface area (Å²) in [4.78, 5) is 0. The van der Waals surface area contributed by atoms with Gasteiger partial charge in [-0.2, -0.15) is 0 Å². The molecule has 1 unspecified atom stereocenters. The first kappa shape index (κ1) is 16.4. The first-order valence-electron chi connectivity index (χ1n) is 7.85. The van der Waals surface area contributed by atoms with E-state index in [-0.39, 0.29) is 6.10 Å². The van der Waals surface area contributed by atoms with Crippen LogP contribution in [-0.2, 0) is 17.9 Å². The lowest BCUT2D eigenvalue weighted by molar-refractivity contribution is 0.0235. The van der Waals surface area contributed by atoms with Crippen molar-refractivity contribution in [2.75, 3.05) is 13.1 Å². The van der Waals surface area contributed by atoms with E-state index in [1.807, 2.05) is 18.3 Å². The van der Waals surface area contributed by atoms with Crippen LogP contribution in [0.3, 0.4) is 0 Å². The maximum atomic E-state index is 10.2. The zero-order valence-corrected chi connectivity index (χ0v) is 13.6. The Morgan fingerprint density at radius 3 is 2.96 bits per heavy atom. The van der Waals surface area contributed by atoms with E-state index in [1.54, 1.807) is 16.8 Å². The van der Waals surface area contributed by atoms with Crippen molar-refractivity contribution >= 4 is 11.6 Å². The number of benzene rings is 1. The third kappa shape index (κ3) is 4.75. The summed E-state index contributed by atoms with van der Waals surface area (Å²) in [6, 6.07) is 7.14. The normalized spacial score (nSPS) is 19.7. The van der Waals surface area contributed by atoms with E-state index >= 15 is 0 Å². The molecular weight excluding hydrogens is 316 g/mol. The molecule has 3 rings (SSSR count). The fourth-order valence-electron chi connectivity index (χ4n) is 2.63. The van der Waals surface area contributed by atoms with Gasteiger partial charge in [0.05, 0.1) is 31.6 Å². The van der Waals surface area contributed by atoms with E-state index in [0.29, 0.717) is 18.2 Å². The number of aliphatic hydroxyl groups is 1. The highest BCUT2D eigenvalue weighted by atomic mass is 35.5. The van der Waals surface area contributed by atoms with Gasteiger partial charge in [0.2, 0.25) is 0 Å². The molecule has 2 heterocycles. The standard InChI is InChI=1S/C16H21ClN4O2/c17-13-5-3-12(4-6-13)16(22)10-21-9-14(19-20-21)11-23-15-2-1-7-18-8-15/h3-6,9,15-16,18,22H,1-2,7-8,10-11H2/t15?,16-/m0/s1. The van der Waals surface area contributed by atoms with Crippen LogP contribution in [0, 0.1) is 0 Å². The molecule has 0 amide bonds. The number of hydrogen-bond donors (Lipinski definition) is 2. The second-order valence-electron chi connectivity index (χ2n) is 5.78. The summed E-state index contributed by atoms with van der Waals surface area (Å²) >= 11 is 5.85. The van der Waals surface area contributed by atoms with Gasteiger partial charge in [0.25, 0.3) is 0 Å². The molecule has 0 bridgehead atoms. The SMILES string of the molecule is O[C@@H](Cn1cc(COC2CCCNC2)nn1)c1ccc(Cl)cc1. The van der Waals surface area contributed by atoms with Gasteiger partial charge < -0.3 is 15.2 Å². The first-order valence-corrected chi connectivity index (χ1v) is 8.23. The number of nitrogens with zero attached hydrogens (tertiary/aromatic N) is 3. The summed E-state index contributed by atoms with van der Waals surface area (Å²) in [6.07, 6.45) is 3.63. The lowest BCUT2D eigenvalue weighted by Gasteiger charge is -2.22. The van der Waals surface area contributed by atoms with Crippen LogP contribution in [0.1, 0.15) is 30.2 Å². The number of halogens is 1. The lowest BCUT2D eigenvalue weighted by atomic mass is 10.1. The third-order valence-corrected chi connectivity index (χ3v) is 4.17. The third-order valence-electron chi connectivity index (χ3n) is 3.92. The van der Waals surface area contributed by atoms with Crippen molar-refractivity contribution < 1.29 is 9.84 Å². The maximum Gasteiger partial charge on any atom is 0.108 e. The number of ether oxygens (including phenoxy) is 1. The molecule has 7 heteroatoms. The van der Waals surface area contributed by atoms with E-state index in [1.165, 1.54) is 0 Å². The highest BCUT2D eigenvalue weighted by Crippen LogP contribution is 2.18. The molecule has 1 aliphatic rings. The van der Waals surface area contributed by atoms with E-state index in [2.05, 4.69) is 15.6 Å². The van der Waals surface area contributed by atoms with Crippen LogP contribution in [0.5, 0.6) is 0 Å². The molecule has 2 aromatic rings. The number of nitrogens with one attached hydrogen (secondary N) is 1. The maximum absolute atomic E-state index is 10.2. The highest BCUT2D eigenvalue weighted by molar-refractivity contribution is 6.30. The zero-order valence-electron chi connectivity index (χ0n) is 12.9. The largest absolute Gasteiger partial charge is 0.386 e. The van der Waals surface area contributed by atoms with Gasteiger partial charge in [-0.1, -0.05) is 28.9 Å². The van der Waals surface area contributed by atoms with E-state index in [4.69, 9.17) is 16.3 Å². The molecule has 6 nitrogen and oxygen atoms in total. The molecule has 1 fully saturated rings. The molecule has 1 aromatic carbocycles. The van der Waals surface area contributed by atoms with Gasteiger partial charge in [-0.3, -0.25) is 0 Å². The van der Waals surface area contributed by atoms with Crippen molar-refractivity contribution in [1.29, 1.82) is 0 Å². The van der Waals surface area contributed by atoms with Gasteiger partial charge >= 0.3 is 0 Å². The van der Waals surface area contributed by atoms with Crippen LogP contribution in [0.2, 0.25) is 5.02 Å². The Morgan fingerprint density at radius 2 is 2.22 bits per heavy atom. The second kappa shape index (κ2) is 7.88. The number of piperidine rings is 1. The van der Waals surface area contributed by atoms with Gasteiger partial charge in [-0.25, -0.2) is 4.68 Å². The lowest BCUT2D eigenvalue weighted by Crippen LogP contribution is -2.35. The summed E-state index contributed by atoms with van der Waals surface area (Å²) in [5.41, 5.74) is 1.58. The number of aliphatic hydroxyl groups excluding tert-OH is 1. The Bertz CT molecular complexity index is 611. The Kier molecular flexibility index (Phi) is 5.61. The minimum Gasteiger partial charge on any atom is -0.386 e. The van der Waals surface area contributed by atoms with Crippen LogP contribution in [0.15, 0.2) is 30.5 Å². The van der Waals surface area contributed by atoms with Crippen molar-refractivity contribution in [2.24, 2.45) is 0 Å². The first-order chi connectivity index (χ1) is 11.2. The molecule has 23 heavy (non-hydrogen) atoms. The Hall–Kier alpha value is -1.47. The summed E-state index contributed by atoms with van der Waals surface area (Å²) in [7, 11) is 0. The van der Waals surface area contributed by atoms with Gasteiger partial charge in [-0.05, 0) is 37.1 Å². The van der Waals surface area contributed by atoms with Crippen molar-refractivity contribution in [2.45, 2.75) is 38.2 Å². The fraction of sp³-hybridized carbons (Fsp3) is 0.500. The molecule has 1 saturated heterocycles. The molecule has 1 aliphatic heterocycles. The van der Waals surface area contributed by atoms with Crippen molar-refractivity contribution in [3.8, 4) is 0 Å². The number of hydrogen-bond acceptors (Lipinski definition) is 5. The number of rotatable bonds is 6. The smallest absolute Gasteiger partial charge is 0.108 e. The van der Waals surface area contributed by atoms with Crippen LogP contribution >= 0.6 is 11.6 Å². The molecule has 0 spiro atoms. The minimum absolute atomic E-state index is 0.244. The van der Waals surface area contributed by atoms with Gasteiger partial charge in [-0.15, -0.1) is 5.10 Å². The van der Waals surface area contributed by atoms with E-state index in [9.17, 15) is 5.11 Å². The Balaban J connectivity index is 1.51. The molecule has 1 aromatic heterocycles. The summed E-state index contributed by atoms with van der Waals surface area (Å²) in [5.74, 6) is 0. The van der Waals surface area contributed by atoms with Crippen LogP contribution in [0.25, 0.3) is 0 Å². The van der Waals surface area contributed by atoms with E-state index in [0.717, 1.165) is 37.2 Å². The Morgan fingerprint density at radius 1 is 1.39 bits per heavy atom. The average molecular weight is 337 g/mol. The molecular formula is C16H21ClN4O2. The van der Waals surface area contributed by atoms with Crippen molar-refractivity contribution in [3.05, 3.63) is 46.7 Å². The van der Waals surface area contributed by atoms with Crippen LogP contribution < -0.4 is 5.32 Å². The molecule has 2 N–H and O–H groups in total. The van der Waals surface area contributed by atoms with Crippen molar-refractivity contribution in [1.82, 2.24) is 20.3 Å². The predicted molar refractivity (Wildman–Crippen MR) is 87.1 cm³/mol. The molecule has 2 atom stereocenters. The van der Waals surface area contributed by atoms with Gasteiger partial charge in [0.15, 0.2) is 0 Å². The zero-order chi connectivity index (χ0) is 16.1.